The Morgan fingerprint density at radius 2 is 2.06 bits per heavy atom. The van der Waals surface area contributed by atoms with Crippen LogP contribution in [-0.4, -0.2) is 42.2 Å². The first-order valence-corrected chi connectivity index (χ1v) is 10.7. The molecule has 2 aromatic carbocycles. The molecule has 3 aromatic heterocycles. The molecule has 0 aliphatic carbocycles. The van der Waals surface area contributed by atoms with Gasteiger partial charge in [-0.2, -0.15) is 10.2 Å². The summed E-state index contributed by atoms with van der Waals surface area (Å²) in [6.07, 6.45) is 5.49. The van der Waals surface area contributed by atoms with E-state index in [0.29, 0.717) is 29.1 Å². The predicted molar refractivity (Wildman–Crippen MR) is 131 cm³/mol. The third-order valence-corrected chi connectivity index (χ3v) is 5.46. The third-order valence-electron chi connectivity index (χ3n) is 5.46. The van der Waals surface area contributed by atoms with Crippen molar-refractivity contribution >= 4 is 34.5 Å². The lowest BCUT2D eigenvalue weighted by Gasteiger charge is -2.07. The molecular formula is C25H23N7O2. The number of carbonyl (C=O) groups is 1. The highest BCUT2D eigenvalue weighted by atomic mass is 16.3. The van der Waals surface area contributed by atoms with Crippen molar-refractivity contribution in [2.45, 2.75) is 13.3 Å². The molecule has 0 fully saturated rings. The van der Waals surface area contributed by atoms with Gasteiger partial charge in [0.2, 0.25) is 0 Å². The molecule has 0 atom stereocenters. The Labute approximate surface area is 195 Å². The summed E-state index contributed by atoms with van der Waals surface area (Å²) < 4.78 is 1.59. The van der Waals surface area contributed by atoms with E-state index in [2.05, 4.69) is 30.6 Å². The zero-order valence-corrected chi connectivity index (χ0v) is 18.7. The number of rotatable bonds is 6. The van der Waals surface area contributed by atoms with Crippen molar-refractivity contribution in [1.82, 2.24) is 25.0 Å². The number of amides is 1. The number of nitrogens with one attached hydrogen (secondary N) is 3. The second kappa shape index (κ2) is 8.70. The standard InChI is InChI=1S/C25H23N7O2/c1-15-8-23(31-30-15)26-13-21-20-11-17(6-7-22(20)29-25(21)34)9-16-4-3-5-19(10-16)28-24(33)18-12-27-32(2)14-18/h3-8,10-14,29,34H,9H2,1-2H3,(H,28,33)(H,30,31). The molecule has 0 aliphatic heterocycles. The minimum absolute atomic E-state index is 0.0586. The summed E-state index contributed by atoms with van der Waals surface area (Å²) in [7, 11) is 1.77. The van der Waals surface area contributed by atoms with Crippen molar-refractivity contribution in [3.8, 4) is 5.88 Å². The highest BCUT2D eigenvalue weighted by molar-refractivity contribution is 6.04. The van der Waals surface area contributed by atoms with E-state index in [-0.39, 0.29) is 11.8 Å². The first kappa shape index (κ1) is 21.2. The van der Waals surface area contributed by atoms with Gasteiger partial charge in [-0.25, -0.2) is 4.99 Å². The van der Waals surface area contributed by atoms with Crippen LogP contribution in [0.4, 0.5) is 11.5 Å². The fraction of sp³-hybridized carbons (Fsp3) is 0.120. The number of nitrogens with zero attached hydrogens (tertiary/aromatic N) is 4. The quantitative estimate of drug-likeness (QED) is 0.287. The van der Waals surface area contributed by atoms with Crippen molar-refractivity contribution in [2.24, 2.45) is 12.0 Å². The molecule has 0 aliphatic rings. The maximum absolute atomic E-state index is 12.4. The van der Waals surface area contributed by atoms with E-state index >= 15 is 0 Å². The highest BCUT2D eigenvalue weighted by Gasteiger charge is 2.12. The number of aliphatic imine (C=N–C) groups is 1. The molecule has 1 amide bonds. The number of carbonyl (C=O) groups excluding carboxylic acids is 1. The molecule has 4 N–H and O–H groups in total. The molecule has 0 radical (unpaired) electrons. The van der Waals surface area contributed by atoms with Gasteiger partial charge in [-0.3, -0.25) is 14.6 Å². The Morgan fingerprint density at radius 1 is 1.21 bits per heavy atom. The normalized spacial score (nSPS) is 11.5. The Hall–Kier alpha value is -4.66. The zero-order chi connectivity index (χ0) is 23.7. The summed E-state index contributed by atoms with van der Waals surface area (Å²) in [6.45, 7) is 1.90. The summed E-state index contributed by atoms with van der Waals surface area (Å²) in [6, 6.07) is 15.6. The number of aromatic hydroxyl groups is 1. The van der Waals surface area contributed by atoms with Gasteiger partial charge in [0.1, 0.15) is 0 Å². The summed E-state index contributed by atoms with van der Waals surface area (Å²) in [5.74, 6) is 0.404. The molecule has 3 heterocycles. The number of anilines is 1. The summed E-state index contributed by atoms with van der Waals surface area (Å²) in [5, 5.41) is 25.2. The lowest BCUT2D eigenvalue weighted by Crippen LogP contribution is -2.11. The van der Waals surface area contributed by atoms with E-state index in [4.69, 9.17) is 0 Å². The van der Waals surface area contributed by atoms with Crippen LogP contribution in [0.5, 0.6) is 5.88 Å². The van der Waals surface area contributed by atoms with Gasteiger partial charge < -0.3 is 15.4 Å². The van der Waals surface area contributed by atoms with Gasteiger partial charge in [0, 0.05) is 47.8 Å². The molecule has 9 heteroatoms. The molecule has 170 valence electrons. The van der Waals surface area contributed by atoms with Crippen molar-refractivity contribution in [1.29, 1.82) is 0 Å². The Morgan fingerprint density at radius 3 is 2.82 bits per heavy atom. The van der Waals surface area contributed by atoms with Crippen LogP contribution in [0.2, 0.25) is 0 Å². The fourth-order valence-corrected chi connectivity index (χ4v) is 3.82. The molecular weight excluding hydrogens is 430 g/mol. The molecule has 5 rings (SSSR count). The van der Waals surface area contributed by atoms with Gasteiger partial charge in [0.15, 0.2) is 11.7 Å². The van der Waals surface area contributed by atoms with E-state index in [1.165, 1.54) is 6.20 Å². The molecule has 9 nitrogen and oxygen atoms in total. The number of aromatic nitrogens is 5. The minimum Gasteiger partial charge on any atom is -0.494 e. The molecule has 0 saturated heterocycles. The molecule has 0 unspecified atom stereocenters. The Bertz CT molecular complexity index is 1520. The summed E-state index contributed by atoms with van der Waals surface area (Å²) >= 11 is 0. The second-order valence-electron chi connectivity index (χ2n) is 8.17. The smallest absolute Gasteiger partial charge is 0.258 e. The number of hydrogen-bond acceptors (Lipinski definition) is 5. The molecule has 0 bridgehead atoms. The van der Waals surface area contributed by atoms with Gasteiger partial charge in [-0.15, -0.1) is 0 Å². The van der Waals surface area contributed by atoms with Crippen LogP contribution in [0.3, 0.4) is 0 Å². The van der Waals surface area contributed by atoms with Crippen LogP contribution in [0.15, 0.2) is 65.9 Å². The van der Waals surface area contributed by atoms with Crippen LogP contribution < -0.4 is 5.32 Å². The topological polar surface area (TPSA) is 124 Å². The average molecular weight is 454 g/mol. The van der Waals surface area contributed by atoms with Crippen LogP contribution >= 0.6 is 0 Å². The van der Waals surface area contributed by atoms with Crippen LogP contribution in [0.1, 0.15) is 32.7 Å². The number of aryl methyl sites for hydroxylation is 2. The monoisotopic (exact) mass is 453 g/mol. The lowest BCUT2D eigenvalue weighted by molar-refractivity contribution is 0.102. The highest BCUT2D eigenvalue weighted by Crippen LogP contribution is 2.28. The number of hydrogen-bond donors (Lipinski definition) is 4. The van der Waals surface area contributed by atoms with E-state index in [1.54, 1.807) is 24.1 Å². The number of fused-ring (bicyclic) bond motifs is 1. The van der Waals surface area contributed by atoms with Crippen LogP contribution in [0, 0.1) is 6.92 Å². The van der Waals surface area contributed by atoms with Crippen molar-refractivity contribution in [3.05, 3.63) is 88.9 Å². The predicted octanol–water partition coefficient (Wildman–Crippen LogP) is 4.23. The van der Waals surface area contributed by atoms with Gasteiger partial charge in [-0.1, -0.05) is 18.2 Å². The first-order chi connectivity index (χ1) is 16.4. The zero-order valence-electron chi connectivity index (χ0n) is 18.7. The molecule has 0 spiro atoms. The van der Waals surface area contributed by atoms with E-state index < -0.39 is 0 Å². The van der Waals surface area contributed by atoms with Gasteiger partial charge in [-0.05, 0) is 48.7 Å². The largest absolute Gasteiger partial charge is 0.494 e. The van der Waals surface area contributed by atoms with Gasteiger partial charge in [0.05, 0.1) is 17.3 Å². The molecule has 34 heavy (non-hydrogen) atoms. The number of H-pyrrole nitrogens is 2. The molecule has 0 saturated carbocycles. The number of benzene rings is 2. The van der Waals surface area contributed by atoms with E-state index in [9.17, 15) is 9.90 Å². The maximum Gasteiger partial charge on any atom is 0.258 e. The number of aromatic amines is 2. The first-order valence-electron chi connectivity index (χ1n) is 10.7. The maximum atomic E-state index is 12.4. The van der Waals surface area contributed by atoms with Crippen molar-refractivity contribution < 1.29 is 9.90 Å². The average Bonchev–Trinajstić information content (AvgIpc) is 3.51. The van der Waals surface area contributed by atoms with Crippen molar-refractivity contribution in [2.75, 3.05) is 5.32 Å². The summed E-state index contributed by atoms with van der Waals surface area (Å²) in [4.78, 5) is 19.8. The fourth-order valence-electron chi connectivity index (χ4n) is 3.82. The van der Waals surface area contributed by atoms with Gasteiger partial charge in [0.25, 0.3) is 5.91 Å². The van der Waals surface area contributed by atoms with E-state index in [1.807, 2.05) is 55.5 Å². The summed E-state index contributed by atoms with van der Waals surface area (Å²) in [5.41, 5.74) is 5.67. The van der Waals surface area contributed by atoms with Crippen LogP contribution in [0.25, 0.3) is 10.9 Å². The van der Waals surface area contributed by atoms with E-state index in [0.717, 1.165) is 27.7 Å². The van der Waals surface area contributed by atoms with Crippen LogP contribution in [-0.2, 0) is 13.5 Å². The minimum atomic E-state index is -0.203. The van der Waals surface area contributed by atoms with Gasteiger partial charge >= 0.3 is 0 Å². The third kappa shape index (κ3) is 4.44. The second-order valence-corrected chi connectivity index (χ2v) is 8.17. The SMILES string of the molecule is Cc1cc(N=Cc2c(O)[nH]c3ccc(Cc4cccc(NC(=O)c5cnn(C)c5)c4)cc23)n[nH]1. The Kier molecular flexibility index (Phi) is 5.43. The van der Waals surface area contributed by atoms with Crippen molar-refractivity contribution in [3.63, 3.8) is 0 Å². The Balaban J connectivity index is 1.37. The lowest BCUT2D eigenvalue weighted by atomic mass is 10.0. The molecule has 5 aromatic rings.